The van der Waals surface area contributed by atoms with Crippen LogP contribution in [0.5, 0.6) is 0 Å². The maximum atomic E-state index is 2.33. The molecule has 0 nitrogen and oxygen atoms in total. The molecule has 0 saturated carbocycles. The zero-order valence-electron chi connectivity index (χ0n) is 65.0. The first-order chi connectivity index (χ1) is 54.9. The van der Waals surface area contributed by atoms with E-state index in [-0.39, 0.29) is 0 Å². The maximum Gasteiger partial charge on any atom is -0.00204 e. The Bertz CT molecular complexity index is 6600. The topological polar surface area (TPSA) is 0 Å². The maximum absolute atomic E-state index is 2.33. The van der Waals surface area contributed by atoms with E-state index in [9.17, 15) is 0 Å². The van der Waals surface area contributed by atoms with Crippen molar-refractivity contribution in [3.63, 3.8) is 0 Å². The van der Waals surface area contributed by atoms with Crippen LogP contribution in [0.4, 0.5) is 0 Å². The number of hydrogen-bond donors (Lipinski definition) is 0. The van der Waals surface area contributed by atoms with Crippen molar-refractivity contribution in [3.05, 3.63) is 433 Å². The van der Waals surface area contributed by atoms with Crippen LogP contribution in [0.1, 0.15) is 44.5 Å². The molecule has 0 radical (unpaired) electrons. The highest BCUT2D eigenvalue weighted by Gasteiger charge is 2.21. The average Bonchev–Trinajstić information content (AvgIpc) is 0.757. The van der Waals surface area contributed by atoms with Gasteiger partial charge in [-0.25, -0.2) is 0 Å². The van der Waals surface area contributed by atoms with Crippen LogP contribution in [0.3, 0.4) is 0 Å². The van der Waals surface area contributed by atoms with Crippen LogP contribution in [-0.4, -0.2) is 0 Å². The summed E-state index contributed by atoms with van der Waals surface area (Å²) in [5.74, 6) is 0. The predicted octanol–water partition coefficient (Wildman–Crippen LogP) is 31.8. The second-order valence-electron chi connectivity index (χ2n) is 30.1. The summed E-state index contributed by atoms with van der Waals surface area (Å²) < 4.78 is 0. The molecule has 20 rings (SSSR count). The molecule has 0 heteroatoms. The molecule has 0 bridgehead atoms. The van der Waals surface area contributed by atoms with Gasteiger partial charge >= 0.3 is 0 Å². The molecule has 0 amide bonds. The Labute approximate surface area is 658 Å². The van der Waals surface area contributed by atoms with Crippen LogP contribution in [-0.2, 0) is 0 Å². The van der Waals surface area contributed by atoms with Crippen molar-refractivity contribution >= 4 is 86.2 Å². The first-order valence-electron chi connectivity index (χ1n) is 39.2. The molecule has 0 aliphatic heterocycles. The van der Waals surface area contributed by atoms with E-state index in [1.807, 2.05) is 0 Å². The second kappa shape index (κ2) is 31.2. The molecule has 0 aliphatic carbocycles. The third kappa shape index (κ3) is 13.8. The molecule has 0 aliphatic rings. The Morgan fingerprint density at radius 2 is 0.348 bits per heavy atom. The molecule has 0 spiro atoms. The molecule has 0 atom stereocenters. The van der Waals surface area contributed by atoms with Gasteiger partial charge < -0.3 is 0 Å². The number of fused-ring (bicyclic) bond motifs is 8. The Hall–Kier alpha value is -13.5. The number of benzene rings is 20. The second-order valence-corrected chi connectivity index (χ2v) is 30.1. The molecule has 0 heterocycles. The summed E-state index contributed by atoms with van der Waals surface area (Å²) in [6, 6.07) is 141. The van der Waals surface area contributed by atoms with Crippen molar-refractivity contribution in [1.82, 2.24) is 0 Å². The summed E-state index contributed by atoms with van der Waals surface area (Å²) >= 11 is 0. The highest BCUT2D eigenvalue weighted by molar-refractivity contribution is 6.24. The molecule has 536 valence electrons. The van der Waals surface area contributed by atoms with E-state index in [0.717, 1.165) is 0 Å². The van der Waals surface area contributed by atoms with Crippen LogP contribution in [0, 0.1) is 55.4 Å². The Morgan fingerprint density at radius 3 is 0.670 bits per heavy atom. The number of rotatable bonds is 8. The van der Waals surface area contributed by atoms with E-state index in [4.69, 9.17) is 0 Å². The summed E-state index contributed by atoms with van der Waals surface area (Å²) in [5.41, 5.74) is 31.2. The molecule has 0 N–H and O–H groups in total. The fourth-order valence-corrected chi connectivity index (χ4v) is 17.2. The van der Waals surface area contributed by atoms with Gasteiger partial charge in [-0.1, -0.05) is 410 Å². The van der Waals surface area contributed by atoms with Gasteiger partial charge in [-0.3, -0.25) is 0 Å². The van der Waals surface area contributed by atoms with E-state index in [1.54, 1.807) is 0 Å². The largest absolute Gasteiger partial charge is 0.0620 e. The lowest BCUT2D eigenvalue weighted by atomic mass is 9.85. The zero-order valence-corrected chi connectivity index (χ0v) is 65.0. The highest BCUT2D eigenvalue weighted by atomic mass is 14.2. The van der Waals surface area contributed by atoms with Crippen molar-refractivity contribution in [2.45, 2.75) is 55.4 Å². The normalized spacial score (nSPS) is 11.2. The van der Waals surface area contributed by atoms with Crippen LogP contribution >= 0.6 is 0 Å². The van der Waals surface area contributed by atoms with Crippen LogP contribution in [0.15, 0.2) is 388 Å². The lowest BCUT2D eigenvalue weighted by Crippen LogP contribution is -1.92. The van der Waals surface area contributed by atoms with Gasteiger partial charge in [0, 0.05) is 0 Å². The van der Waals surface area contributed by atoms with Gasteiger partial charge in [-0.2, -0.15) is 0 Å². The molecular formula is C112H88. The minimum absolute atomic E-state index is 1.26. The fraction of sp³-hybridized carbons (Fsp3) is 0.0714. The van der Waals surface area contributed by atoms with E-state index in [0.29, 0.717) is 0 Å². The first-order valence-corrected chi connectivity index (χ1v) is 39.2. The number of aryl methyl sites for hydroxylation is 8. The smallest absolute Gasteiger partial charge is 0.00204 e. The van der Waals surface area contributed by atoms with E-state index in [2.05, 4.69) is 444 Å². The quantitative estimate of drug-likeness (QED) is 0.133. The molecule has 0 unspecified atom stereocenters. The lowest BCUT2D eigenvalue weighted by Gasteiger charge is -2.18. The van der Waals surface area contributed by atoms with E-state index < -0.39 is 0 Å². The average molecular weight is 1430 g/mol. The van der Waals surface area contributed by atoms with E-state index >= 15 is 0 Å². The van der Waals surface area contributed by atoms with Crippen LogP contribution in [0.25, 0.3) is 175 Å². The van der Waals surface area contributed by atoms with Gasteiger partial charge in [0.1, 0.15) is 0 Å². The SMILES string of the molecule is Cc1ccc(-c2c3ccccc3c(-c3ccc(C)cc3)c3ccccc23)cc1.Cc1ccc(-c2c3ccccc3c(-c3cccc(C)c3)c3ccccc23)cc1.Cc1cccc(-c2cccc(-c3c4ccccc4c(C)c4ccccc34)c2)c1.Cc1ccccc1-c1ccccc1-c1c2ccccc2c(C)c2ccccc12. The monoisotopic (exact) mass is 1430 g/mol. The van der Waals surface area contributed by atoms with Crippen molar-refractivity contribution in [3.8, 4) is 89.0 Å². The van der Waals surface area contributed by atoms with Crippen LogP contribution in [0.2, 0.25) is 0 Å². The van der Waals surface area contributed by atoms with Gasteiger partial charge in [0.15, 0.2) is 0 Å². The molecular weight excluding hydrogens is 1350 g/mol. The minimum Gasteiger partial charge on any atom is -0.0620 e. The fourth-order valence-electron chi connectivity index (χ4n) is 17.2. The van der Waals surface area contributed by atoms with E-state index in [1.165, 1.54) is 220 Å². The standard InChI is InChI=1S/4C28H22/c1-19-9-7-10-21(17-19)22-11-8-12-23(18-22)28-26-15-5-3-13-24(26)20(2)25-14-4-6-16-27(25)28;1-19-14-16-21(17-15-19)27-23-10-3-5-12-25(23)28(22-9-7-8-20(2)18-22)26-13-6-4-11-24(26)27;1-19-11-15-21(16-12-19)27-23-7-3-5-9-25(23)28(22-17-13-20(2)14-18-22)26-10-6-4-8-24(26)27;1-19-11-3-4-12-21(19)24-15-7-10-18-27(24)28-25-16-8-5-13-22(25)20(2)23-14-6-9-17-26(23)28/h4*3-18H,1-2H3. The minimum atomic E-state index is 1.26. The molecule has 0 aromatic heterocycles. The van der Waals surface area contributed by atoms with Crippen molar-refractivity contribution in [2.24, 2.45) is 0 Å². The van der Waals surface area contributed by atoms with Gasteiger partial charge in [-0.15, -0.1) is 0 Å². The van der Waals surface area contributed by atoms with Gasteiger partial charge in [0.25, 0.3) is 0 Å². The first kappa shape index (κ1) is 71.4. The summed E-state index contributed by atoms with van der Waals surface area (Å²) in [6.07, 6.45) is 0. The Morgan fingerprint density at radius 1 is 0.125 bits per heavy atom. The van der Waals surface area contributed by atoms with Crippen molar-refractivity contribution < 1.29 is 0 Å². The van der Waals surface area contributed by atoms with Gasteiger partial charge in [0.2, 0.25) is 0 Å². The number of hydrogen-bond acceptors (Lipinski definition) is 0. The molecule has 20 aromatic rings. The summed E-state index contributed by atoms with van der Waals surface area (Å²) in [7, 11) is 0. The zero-order chi connectivity index (χ0) is 76.3. The summed E-state index contributed by atoms with van der Waals surface area (Å²) in [6.45, 7) is 17.4. The molecule has 0 saturated heterocycles. The van der Waals surface area contributed by atoms with Gasteiger partial charge in [0.05, 0.1) is 0 Å². The summed E-state index contributed by atoms with van der Waals surface area (Å²) in [4.78, 5) is 0. The van der Waals surface area contributed by atoms with Gasteiger partial charge in [-0.05, 0) is 253 Å². The summed E-state index contributed by atoms with van der Waals surface area (Å²) in [5, 5.41) is 21.1. The Balaban J connectivity index is 0.000000108. The molecule has 0 fully saturated rings. The Kier molecular flexibility index (Phi) is 19.9. The van der Waals surface area contributed by atoms with Crippen LogP contribution < -0.4 is 0 Å². The third-order valence-corrected chi connectivity index (χ3v) is 22.7. The molecule has 20 aromatic carbocycles. The van der Waals surface area contributed by atoms with Crippen molar-refractivity contribution in [2.75, 3.05) is 0 Å². The molecule has 112 heavy (non-hydrogen) atoms. The predicted molar refractivity (Wildman–Crippen MR) is 487 cm³/mol. The van der Waals surface area contributed by atoms with Crippen molar-refractivity contribution in [1.29, 1.82) is 0 Å². The third-order valence-electron chi connectivity index (χ3n) is 22.7. The highest BCUT2D eigenvalue weighted by Crippen LogP contribution is 2.48. The lowest BCUT2D eigenvalue weighted by molar-refractivity contribution is 1.46.